The van der Waals surface area contributed by atoms with Crippen molar-refractivity contribution in [3.8, 4) is 5.75 Å². The molecule has 29 heavy (non-hydrogen) atoms. The Morgan fingerprint density at radius 2 is 1.79 bits per heavy atom. The van der Waals surface area contributed by atoms with Crippen LogP contribution in [0.2, 0.25) is 0 Å². The Kier molecular flexibility index (Phi) is 7.44. The maximum Gasteiger partial charge on any atom is 0.318 e. The monoisotopic (exact) mass is 396 g/mol. The van der Waals surface area contributed by atoms with Crippen molar-refractivity contribution in [2.45, 2.75) is 38.8 Å². The molecule has 0 fully saturated rings. The summed E-state index contributed by atoms with van der Waals surface area (Å²) in [7, 11) is 1.65. The summed E-state index contributed by atoms with van der Waals surface area (Å²) in [5.74, 6) is 0.734. The maximum absolute atomic E-state index is 12.3. The van der Waals surface area contributed by atoms with Crippen LogP contribution in [0.4, 0.5) is 4.79 Å². The van der Waals surface area contributed by atoms with E-state index in [1.165, 1.54) is 5.56 Å². The average Bonchev–Trinajstić information content (AvgIpc) is 3.19. The molecule has 7 heteroatoms. The number of carbonyl (C=O) groups excluding carboxylic acids is 2. The Bertz CT molecular complexity index is 826. The van der Waals surface area contributed by atoms with Crippen LogP contribution in [0.1, 0.15) is 47.2 Å². The van der Waals surface area contributed by atoms with E-state index in [-0.39, 0.29) is 11.9 Å². The first-order chi connectivity index (χ1) is 14.2. The minimum atomic E-state index is -0.0883. The normalized spacial score (nSPS) is 12.4. The molecule has 154 valence electrons. The summed E-state index contributed by atoms with van der Waals surface area (Å²) < 4.78 is 5.25. The highest BCUT2D eigenvalue weighted by atomic mass is 16.5. The SMILES string of the molecule is COc1ccc2c(c1)CN(C(=O)NCCCCCCNC(=O)c1cccnc1)C2. The molecular formula is C22H28N4O3. The molecule has 3 rings (SSSR count). The Morgan fingerprint density at radius 3 is 2.52 bits per heavy atom. The van der Waals surface area contributed by atoms with Crippen molar-refractivity contribution in [1.29, 1.82) is 0 Å². The zero-order chi connectivity index (χ0) is 20.5. The number of hydrogen-bond acceptors (Lipinski definition) is 4. The summed E-state index contributed by atoms with van der Waals surface area (Å²) in [5, 5.41) is 5.90. The number of nitrogens with zero attached hydrogens (tertiary/aromatic N) is 2. The topological polar surface area (TPSA) is 83.6 Å². The van der Waals surface area contributed by atoms with E-state index in [4.69, 9.17) is 4.74 Å². The lowest BCUT2D eigenvalue weighted by Gasteiger charge is -2.16. The second-order valence-corrected chi connectivity index (χ2v) is 7.13. The molecule has 1 aromatic heterocycles. The lowest BCUT2D eigenvalue weighted by molar-refractivity contribution is 0.0952. The fourth-order valence-corrected chi connectivity index (χ4v) is 3.35. The van der Waals surface area contributed by atoms with E-state index in [1.807, 2.05) is 23.1 Å². The van der Waals surface area contributed by atoms with Gasteiger partial charge in [-0.25, -0.2) is 4.79 Å². The van der Waals surface area contributed by atoms with Crippen LogP contribution in [0.3, 0.4) is 0 Å². The quantitative estimate of drug-likeness (QED) is 0.638. The van der Waals surface area contributed by atoms with E-state index in [2.05, 4.69) is 15.6 Å². The van der Waals surface area contributed by atoms with E-state index in [1.54, 1.807) is 31.6 Å². The van der Waals surface area contributed by atoms with Crippen LogP contribution in [0, 0.1) is 0 Å². The zero-order valence-corrected chi connectivity index (χ0v) is 16.8. The smallest absolute Gasteiger partial charge is 0.318 e. The zero-order valence-electron chi connectivity index (χ0n) is 16.8. The third-order valence-corrected chi connectivity index (χ3v) is 5.01. The molecule has 1 aliphatic heterocycles. The number of urea groups is 1. The van der Waals surface area contributed by atoms with Gasteiger partial charge in [-0.2, -0.15) is 0 Å². The lowest BCUT2D eigenvalue weighted by atomic mass is 10.1. The van der Waals surface area contributed by atoms with Crippen molar-refractivity contribution >= 4 is 11.9 Å². The Labute approximate surface area is 171 Å². The summed E-state index contributed by atoms with van der Waals surface area (Å²) in [6.45, 7) is 2.57. The molecule has 0 saturated carbocycles. The number of benzene rings is 1. The summed E-state index contributed by atoms with van der Waals surface area (Å²) in [6.07, 6.45) is 7.08. The number of amides is 3. The van der Waals surface area contributed by atoms with Crippen LogP contribution in [0.5, 0.6) is 5.75 Å². The highest BCUT2D eigenvalue weighted by molar-refractivity contribution is 5.93. The van der Waals surface area contributed by atoms with Crippen molar-refractivity contribution in [2.75, 3.05) is 20.2 Å². The van der Waals surface area contributed by atoms with Crippen molar-refractivity contribution in [2.24, 2.45) is 0 Å². The molecule has 1 aromatic carbocycles. The number of carbonyl (C=O) groups is 2. The summed E-state index contributed by atoms with van der Waals surface area (Å²) in [6, 6.07) is 9.43. The average molecular weight is 396 g/mol. The van der Waals surface area contributed by atoms with E-state index in [9.17, 15) is 9.59 Å². The number of unbranched alkanes of at least 4 members (excludes halogenated alkanes) is 3. The number of fused-ring (bicyclic) bond motifs is 1. The third kappa shape index (κ3) is 5.94. The fraction of sp³-hybridized carbons (Fsp3) is 0.409. The number of nitrogens with one attached hydrogen (secondary N) is 2. The highest BCUT2D eigenvalue weighted by Crippen LogP contribution is 2.26. The van der Waals surface area contributed by atoms with Crippen LogP contribution in [-0.4, -0.2) is 42.0 Å². The van der Waals surface area contributed by atoms with Crippen LogP contribution in [0.15, 0.2) is 42.7 Å². The standard InChI is InChI=1S/C22H28N4O3/c1-29-20-9-8-18-15-26(16-19(18)13-20)22(28)25-12-5-3-2-4-11-24-21(27)17-7-6-10-23-14-17/h6-10,13-14H,2-5,11-12,15-16H2,1H3,(H,24,27)(H,25,28). The number of rotatable bonds is 9. The van der Waals surface area contributed by atoms with Gasteiger partial charge >= 0.3 is 6.03 Å². The Balaban J connectivity index is 1.24. The minimum Gasteiger partial charge on any atom is -0.497 e. The molecule has 2 aromatic rings. The first kappa shape index (κ1) is 20.6. The molecule has 2 heterocycles. The molecule has 0 aliphatic carbocycles. The highest BCUT2D eigenvalue weighted by Gasteiger charge is 2.23. The molecule has 0 radical (unpaired) electrons. The predicted molar refractivity (Wildman–Crippen MR) is 111 cm³/mol. The van der Waals surface area contributed by atoms with Gasteiger partial charge in [0.25, 0.3) is 5.91 Å². The van der Waals surface area contributed by atoms with Gasteiger partial charge in [0.1, 0.15) is 5.75 Å². The number of hydrogen-bond donors (Lipinski definition) is 2. The van der Waals surface area contributed by atoms with Gasteiger partial charge in [-0.3, -0.25) is 9.78 Å². The van der Waals surface area contributed by atoms with Crippen LogP contribution >= 0.6 is 0 Å². The van der Waals surface area contributed by atoms with Gasteiger partial charge < -0.3 is 20.3 Å². The Morgan fingerprint density at radius 1 is 1.03 bits per heavy atom. The van der Waals surface area contributed by atoms with Gasteiger partial charge in [0.15, 0.2) is 0 Å². The maximum atomic E-state index is 12.3. The van der Waals surface area contributed by atoms with Crippen LogP contribution in [-0.2, 0) is 13.1 Å². The molecule has 0 spiro atoms. The molecule has 0 atom stereocenters. The molecular weight excluding hydrogens is 368 g/mol. The molecule has 1 aliphatic rings. The van der Waals surface area contributed by atoms with Gasteiger partial charge in [0.05, 0.1) is 12.7 Å². The fourth-order valence-electron chi connectivity index (χ4n) is 3.35. The molecule has 2 N–H and O–H groups in total. The van der Waals surface area contributed by atoms with Gasteiger partial charge in [-0.05, 0) is 48.2 Å². The number of aromatic nitrogens is 1. The number of pyridine rings is 1. The van der Waals surface area contributed by atoms with Gasteiger partial charge in [-0.15, -0.1) is 0 Å². The molecule has 3 amide bonds. The molecule has 0 bridgehead atoms. The van der Waals surface area contributed by atoms with E-state index >= 15 is 0 Å². The number of methoxy groups -OCH3 is 1. The van der Waals surface area contributed by atoms with Crippen molar-refractivity contribution in [3.63, 3.8) is 0 Å². The Hall–Kier alpha value is -3.09. The van der Waals surface area contributed by atoms with Gasteiger partial charge in [0, 0.05) is 38.6 Å². The third-order valence-electron chi connectivity index (χ3n) is 5.01. The largest absolute Gasteiger partial charge is 0.497 e. The second kappa shape index (κ2) is 10.5. The van der Waals surface area contributed by atoms with Gasteiger partial charge in [0.2, 0.25) is 0 Å². The second-order valence-electron chi connectivity index (χ2n) is 7.13. The summed E-state index contributed by atoms with van der Waals surface area (Å²) >= 11 is 0. The first-order valence-electron chi connectivity index (χ1n) is 10.0. The molecule has 0 saturated heterocycles. The predicted octanol–water partition coefficient (Wildman–Crippen LogP) is 3.11. The number of ether oxygens (including phenoxy) is 1. The van der Waals surface area contributed by atoms with E-state index in [0.29, 0.717) is 31.7 Å². The van der Waals surface area contributed by atoms with E-state index < -0.39 is 0 Å². The molecule has 0 unspecified atom stereocenters. The van der Waals surface area contributed by atoms with E-state index in [0.717, 1.165) is 37.0 Å². The first-order valence-corrected chi connectivity index (χ1v) is 10.0. The summed E-state index contributed by atoms with van der Waals surface area (Å²) in [4.78, 5) is 30.0. The summed E-state index contributed by atoms with van der Waals surface area (Å²) in [5.41, 5.74) is 2.90. The van der Waals surface area contributed by atoms with Crippen molar-refractivity contribution < 1.29 is 14.3 Å². The lowest BCUT2D eigenvalue weighted by Crippen LogP contribution is -2.36. The molecule has 7 nitrogen and oxygen atoms in total. The van der Waals surface area contributed by atoms with Crippen LogP contribution < -0.4 is 15.4 Å². The van der Waals surface area contributed by atoms with Crippen LogP contribution in [0.25, 0.3) is 0 Å². The minimum absolute atomic E-state index is 0.0242. The van der Waals surface area contributed by atoms with Crippen molar-refractivity contribution in [1.82, 2.24) is 20.5 Å². The van der Waals surface area contributed by atoms with Crippen molar-refractivity contribution in [3.05, 3.63) is 59.4 Å². The van der Waals surface area contributed by atoms with Gasteiger partial charge in [-0.1, -0.05) is 18.9 Å².